The lowest BCUT2D eigenvalue weighted by Crippen LogP contribution is -2.16. The summed E-state index contributed by atoms with van der Waals surface area (Å²) in [6, 6.07) is 15.8. The van der Waals surface area contributed by atoms with Gasteiger partial charge in [0.05, 0.1) is 14.2 Å². The Kier molecular flexibility index (Phi) is 4.85. The minimum Gasteiger partial charge on any atom is -0.493 e. The quantitative estimate of drug-likeness (QED) is 0.898. The van der Waals surface area contributed by atoms with Crippen LogP contribution >= 0.6 is 0 Å². The van der Waals surface area contributed by atoms with Crippen LogP contribution < -0.4 is 14.8 Å². The number of carbonyl (C=O) groups is 1. The van der Waals surface area contributed by atoms with Crippen LogP contribution in [0.1, 0.15) is 24.3 Å². The van der Waals surface area contributed by atoms with Gasteiger partial charge in [-0.3, -0.25) is 4.79 Å². The van der Waals surface area contributed by atoms with Crippen molar-refractivity contribution in [3.63, 3.8) is 0 Å². The van der Waals surface area contributed by atoms with Crippen molar-refractivity contribution < 1.29 is 14.3 Å². The second-order valence-corrected chi connectivity index (χ2v) is 5.85. The topological polar surface area (TPSA) is 47.6 Å². The summed E-state index contributed by atoms with van der Waals surface area (Å²) in [7, 11) is 3.24. The van der Waals surface area contributed by atoms with Gasteiger partial charge in [0.25, 0.3) is 0 Å². The molecule has 0 aliphatic heterocycles. The van der Waals surface area contributed by atoms with Crippen molar-refractivity contribution in [1.29, 1.82) is 0 Å². The zero-order chi connectivity index (χ0) is 16.9. The molecule has 0 heterocycles. The second kappa shape index (κ2) is 7.21. The number of allylic oxidation sites excluding steroid dienone is 2. The molecule has 0 saturated heterocycles. The molecule has 24 heavy (non-hydrogen) atoms. The molecule has 0 radical (unpaired) electrons. The summed E-state index contributed by atoms with van der Waals surface area (Å²) >= 11 is 0. The van der Waals surface area contributed by atoms with Gasteiger partial charge in [0, 0.05) is 23.9 Å². The first-order chi connectivity index (χ1) is 11.7. The van der Waals surface area contributed by atoms with Crippen LogP contribution in [-0.2, 0) is 4.79 Å². The van der Waals surface area contributed by atoms with Gasteiger partial charge in [-0.1, -0.05) is 24.3 Å². The van der Waals surface area contributed by atoms with E-state index in [1.54, 1.807) is 20.3 Å². The van der Waals surface area contributed by atoms with E-state index in [4.69, 9.17) is 9.47 Å². The molecular formula is C20H21NO3. The third-order valence-corrected chi connectivity index (χ3v) is 4.21. The molecule has 0 bridgehead atoms. The van der Waals surface area contributed by atoms with Crippen LogP contribution in [0.3, 0.4) is 0 Å². The Morgan fingerprint density at radius 1 is 0.958 bits per heavy atom. The highest BCUT2D eigenvalue weighted by Crippen LogP contribution is 2.36. The summed E-state index contributed by atoms with van der Waals surface area (Å²) in [4.78, 5) is 12.2. The molecular weight excluding hydrogens is 302 g/mol. The van der Waals surface area contributed by atoms with Crippen LogP contribution in [0.15, 0.2) is 60.3 Å². The highest BCUT2D eigenvalue weighted by atomic mass is 16.5. The van der Waals surface area contributed by atoms with Gasteiger partial charge in [-0.15, -0.1) is 0 Å². The maximum absolute atomic E-state index is 12.2. The van der Waals surface area contributed by atoms with Crippen molar-refractivity contribution >= 4 is 11.5 Å². The summed E-state index contributed by atoms with van der Waals surface area (Å²) < 4.78 is 10.7. The molecule has 0 fully saturated rings. The Labute approximate surface area is 142 Å². The van der Waals surface area contributed by atoms with E-state index in [-0.39, 0.29) is 11.7 Å². The summed E-state index contributed by atoms with van der Waals surface area (Å²) in [5.41, 5.74) is 3.02. The highest BCUT2D eigenvalue weighted by molar-refractivity contribution is 5.92. The number of ketones is 1. The van der Waals surface area contributed by atoms with E-state index in [0.29, 0.717) is 17.9 Å². The lowest BCUT2D eigenvalue weighted by Gasteiger charge is -2.24. The number of ether oxygens (including phenoxy) is 2. The summed E-state index contributed by atoms with van der Waals surface area (Å²) in [6.07, 6.45) is 3.01. The van der Waals surface area contributed by atoms with Crippen LogP contribution in [0.25, 0.3) is 0 Å². The molecule has 0 aromatic heterocycles. The molecule has 0 amide bonds. The van der Waals surface area contributed by atoms with Gasteiger partial charge in [-0.05, 0) is 42.2 Å². The molecule has 2 aromatic rings. The molecule has 4 nitrogen and oxygen atoms in total. The third kappa shape index (κ3) is 3.59. The molecule has 3 rings (SSSR count). The molecule has 1 N–H and O–H groups in total. The smallest absolute Gasteiger partial charge is 0.160 e. The largest absolute Gasteiger partial charge is 0.493 e. The maximum Gasteiger partial charge on any atom is 0.160 e. The zero-order valence-corrected chi connectivity index (χ0v) is 13.9. The van der Waals surface area contributed by atoms with Crippen molar-refractivity contribution in [2.75, 3.05) is 19.5 Å². The molecule has 0 saturated carbocycles. The van der Waals surface area contributed by atoms with Gasteiger partial charge in [0.1, 0.15) is 0 Å². The van der Waals surface area contributed by atoms with Crippen molar-refractivity contribution in [3.05, 3.63) is 65.9 Å². The maximum atomic E-state index is 12.2. The van der Waals surface area contributed by atoms with Crippen molar-refractivity contribution in [2.24, 2.45) is 0 Å². The molecule has 124 valence electrons. The van der Waals surface area contributed by atoms with E-state index < -0.39 is 0 Å². The number of hydrogen-bond donors (Lipinski definition) is 1. The molecule has 1 aliphatic rings. The Balaban J connectivity index is 1.80. The molecule has 0 unspecified atom stereocenters. The van der Waals surface area contributed by atoms with Crippen LogP contribution in [0.4, 0.5) is 5.69 Å². The average molecular weight is 323 g/mol. The van der Waals surface area contributed by atoms with Crippen molar-refractivity contribution in [3.8, 4) is 11.5 Å². The van der Waals surface area contributed by atoms with E-state index in [1.165, 1.54) is 0 Å². The van der Waals surface area contributed by atoms with Crippen LogP contribution in [0, 0.1) is 0 Å². The highest BCUT2D eigenvalue weighted by Gasteiger charge is 2.23. The van der Waals surface area contributed by atoms with Crippen LogP contribution in [-0.4, -0.2) is 20.0 Å². The first kappa shape index (κ1) is 16.1. The average Bonchev–Trinajstić information content (AvgIpc) is 2.61. The number of carbonyl (C=O) groups excluding carboxylic acids is 1. The first-order valence-corrected chi connectivity index (χ1v) is 7.97. The van der Waals surface area contributed by atoms with E-state index in [2.05, 4.69) is 5.32 Å². The summed E-state index contributed by atoms with van der Waals surface area (Å²) in [6.45, 7) is 0. The van der Waals surface area contributed by atoms with Gasteiger partial charge in [-0.25, -0.2) is 0 Å². The van der Waals surface area contributed by atoms with Gasteiger partial charge < -0.3 is 14.8 Å². The van der Waals surface area contributed by atoms with Crippen molar-refractivity contribution in [1.82, 2.24) is 0 Å². The van der Waals surface area contributed by atoms with E-state index in [9.17, 15) is 4.79 Å². The summed E-state index contributed by atoms with van der Waals surface area (Å²) in [5, 5.41) is 3.35. The van der Waals surface area contributed by atoms with Gasteiger partial charge in [-0.2, -0.15) is 0 Å². The minimum absolute atomic E-state index is 0.133. The molecule has 2 aromatic carbocycles. The van der Waals surface area contributed by atoms with Crippen molar-refractivity contribution in [2.45, 2.75) is 18.8 Å². The Morgan fingerprint density at radius 3 is 2.42 bits per heavy atom. The standard InChI is InChI=1S/C20H21NO3/c1-23-19-9-8-14(12-20(19)24-2)15-10-17(13-18(22)11-15)21-16-6-4-3-5-7-16/h3-9,12-13,15,21H,10-11H2,1-2H3/t15-/m1/s1. The Bertz CT molecular complexity index is 753. The fraction of sp³-hybridized carbons (Fsp3) is 0.250. The summed E-state index contributed by atoms with van der Waals surface area (Å²) in [5.74, 6) is 1.66. The predicted molar refractivity (Wildman–Crippen MR) is 94.7 cm³/mol. The number of methoxy groups -OCH3 is 2. The van der Waals surface area contributed by atoms with E-state index in [1.807, 2.05) is 48.5 Å². The fourth-order valence-electron chi connectivity index (χ4n) is 3.03. The first-order valence-electron chi connectivity index (χ1n) is 7.97. The fourth-order valence-corrected chi connectivity index (χ4v) is 3.03. The second-order valence-electron chi connectivity index (χ2n) is 5.85. The zero-order valence-electron chi connectivity index (χ0n) is 13.9. The van der Waals surface area contributed by atoms with E-state index in [0.717, 1.165) is 23.4 Å². The number of para-hydroxylation sites is 1. The minimum atomic E-state index is 0.133. The van der Waals surface area contributed by atoms with Crippen LogP contribution in [0.2, 0.25) is 0 Å². The molecule has 0 spiro atoms. The normalized spacial score (nSPS) is 17.2. The molecule has 1 aliphatic carbocycles. The number of nitrogens with one attached hydrogen (secondary N) is 1. The SMILES string of the molecule is COc1ccc([C@H]2CC(=O)C=C(Nc3ccccc3)C2)cc1OC. The van der Waals surface area contributed by atoms with E-state index >= 15 is 0 Å². The number of benzene rings is 2. The number of hydrogen-bond acceptors (Lipinski definition) is 4. The Hall–Kier alpha value is -2.75. The number of rotatable bonds is 5. The van der Waals surface area contributed by atoms with Gasteiger partial charge in [0.2, 0.25) is 0 Å². The Morgan fingerprint density at radius 2 is 1.71 bits per heavy atom. The van der Waals surface area contributed by atoms with Gasteiger partial charge in [0.15, 0.2) is 17.3 Å². The van der Waals surface area contributed by atoms with Crippen LogP contribution in [0.5, 0.6) is 11.5 Å². The predicted octanol–water partition coefficient (Wildman–Crippen LogP) is 4.15. The van der Waals surface area contributed by atoms with Gasteiger partial charge >= 0.3 is 0 Å². The molecule has 1 atom stereocenters. The third-order valence-electron chi connectivity index (χ3n) is 4.21. The lowest BCUT2D eigenvalue weighted by molar-refractivity contribution is -0.115. The monoisotopic (exact) mass is 323 g/mol. The number of anilines is 1. The molecule has 4 heteroatoms. The lowest BCUT2D eigenvalue weighted by atomic mass is 9.85.